The first-order valence-electron chi connectivity index (χ1n) is 11.8. The molecule has 4 unspecified atom stereocenters. The van der Waals surface area contributed by atoms with Crippen LogP contribution in [0.25, 0.3) is 0 Å². The minimum Gasteiger partial charge on any atom is -0.294 e. The van der Waals surface area contributed by atoms with Crippen molar-refractivity contribution in [3.8, 4) is 0 Å². The maximum atomic E-state index is 13.6. The van der Waals surface area contributed by atoms with E-state index >= 15 is 0 Å². The van der Waals surface area contributed by atoms with Crippen LogP contribution in [-0.2, 0) is 11.2 Å². The van der Waals surface area contributed by atoms with Crippen LogP contribution in [0.2, 0.25) is 0 Å². The van der Waals surface area contributed by atoms with Crippen LogP contribution in [0, 0.1) is 31.6 Å². The molecule has 0 bridgehead atoms. The van der Waals surface area contributed by atoms with E-state index in [0.717, 1.165) is 18.4 Å². The van der Waals surface area contributed by atoms with E-state index in [1.807, 2.05) is 12.2 Å². The largest absolute Gasteiger partial charge is 0.294 e. The molecule has 2 aromatic rings. The normalized spacial score (nSPS) is 27.0. The fraction of sp³-hybridized carbons (Fsp3) is 0.367. The summed E-state index contributed by atoms with van der Waals surface area (Å²) >= 11 is 0. The zero-order valence-electron chi connectivity index (χ0n) is 18.7. The average molecular weight is 409 g/mol. The molecule has 1 heteroatoms. The van der Waals surface area contributed by atoms with Gasteiger partial charge in [0.05, 0.1) is 0 Å². The van der Waals surface area contributed by atoms with E-state index in [1.54, 1.807) is 5.57 Å². The highest BCUT2D eigenvalue weighted by atomic mass is 16.1. The molecule has 1 saturated carbocycles. The Morgan fingerprint density at radius 1 is 0.935 bits per heavy atom. The summed E-state index contributed by atoms with van der Waals surface area (Å²) in [5.74, 6) is 1.66. The molecule has 158 valence electrons. The Morgan fingerprint density at radius 3 is 2.32 bits per heavy atom. The quantitative estimate of drug-likeness (QED) is 0.484. The van der Waals surface area contributed by atoms with Crippen LogP contribution in [0.4, 0.5) is 0 Å². The topological polar surface area (TPSA) is 17.1 Å². The molecule has 0 spiro atoms. The summed E-state index contributed by atoms with van der Waals surface area (Å²) in [5, 5.41) is 0. The highest BCUT2D eigenvalue weighted by molar-refractivity contribution is 6.00. The second-order valence-corrected chi connectivity index (χ2v) is 9.74. The SMILES string of the molecule is Cc1ccc(CC2CCCC3C2=CC(C(=O)C2=CC=CC2)C3c2ccc(C)cc2)cc1. The summed E-state index contributed by atoms with van der Waals surface area (Å²) < 4.78 is 0. The summed E-state index contributed by atoms with van der Waals surface area (Å²) in [7, 11) is 0. The average Bonchev–Trinajstić information content (AvgIpc) is 3.44. The van der Waals surface area contributed by atoms with E-state index in [-0.39, 0.29) is 11.8 Å². The van der Waals surface area contributed by atoms with Crippen molar-refractivity contribution in [1.29, 1.82) is 0 Å². The van der Waals surface area contributed by atoms with Gasteiger partial charge in [0, 0.05) is 11.8 Å². The van der Waals surface area contributed by atoms with Crippen LogP contribution in [0.1, 0.15) is 53.9 Å². The highest BCUT2D eigenvalue weighted by Crippen LogP contribution is 2.53. The first-order valence-corrected chi connectivity index (χ1v) is 11.8. The van der Waals surface area contributed by atoms with Gasteiger partial charge in [0.15, 0.2) is 5.78 Å². The molecule has 5 rings (SSSR count). The van der Waals surface area contributed by atoms with Gasteiger partial charge in [0.25, 0.3) is 0 Å². The van der Waals surface area contributed by atoms with Gasteiger partial charge in [-0.1, -0.05) is 96.0 Å². The van der Waals surface area contributed by atoms with Gasteiger partial charge in [-0.15, -0.1) is 0 Å². The maximum absolute atomic E-state index is 13.6. The zero-order valence-corrected chi connectivity index (χ0v) is 18.7. The van der Waals surface area contributed by atoms with E-state index in [2.05, 4.69) is 74.5 Å². The van der Waals surface area contributed by atoms with E-state index in [0.29, 0.717) is 17.6 Å². The van der Waals surface area contributed by atoms with Gasteiger partial charge in [-0.3, -0.25) is 4.79 Å². The summed E-state index contributed by atoms with van der Waals surface area (Å²) in [6.07, 6.45) is 14.1. The maximum Gasteiger partial charge on any atom is 0.166 e. The summed E-state index contributed by atoms with van der Waals surface area (Å²) in [6.45, 7) is 4.28. The van der Waals surface area contributed by atoms with Crippen molar-refractivity contribution in [2.24, 2.45) is 17.8 Å². The Morgan fingerprint density at radius 2 is 1.65 bits per heavy atom. The van der Waals surface area contributed by atoms with Crippen molar-refractivity contribution in [3.05, 3.63) is 106 Å². The van der Waals surface area contributed by atoms with Gasteiger partial charge in [-0.05, 0) is 68.1 Å². The van der Waals surface area contributed by atoms with Gasteiger partial charge in [-0.25, -0.2) is 0 Å². The standard InChI is InChI=1S/C30H32O/c1-20-10-14-22(15-11-20)18-25-8-5-9-26-27(25)19-28(30(31)24-6-3-4-7-24)29(26)23-16-12-21(2)13-17-23/h3-4,6,10-17,19,25-26,28-29H,5,7-9,18H2,1-2H3. The number of fused-ring (bicyclic) bond motifs is 1. The predicted octanol–water partition coefficient (Wildman–Crippen LogP) is 7.06. The molecule has 2 aromatic carbocycles. The first kappa shape index (κ1) is 20.2. The van der Waals surface area contributed by atoms with Crippen LogP contribution in [-0.4, -0.2) is 5.78 Å². The minimum absolute atomic E-state index is 0.0209. The number of benzene rings is 2. The Bertz CT molecular complexity index is 1050. The van der Waals surface area contributed by atoms with E-state index in [1.165, 1.54) is 41.5 Å². The number of carbonyl (C=O) groups excluding carboxylic acids is 1. The molecule has 0 aliphatic heterocycles. The number of aryl methyl sites for hydroxylation is 2. The second-order valence-electron chi connectivity index (χ2n) is 9.74. The van der Waals surface area contributed by atoms with Crippen molar-refractivity contribution < 1.29 is 4.79 Å². The van der Waals surface area contributed by atoms with Gasteiger partial charge in [-0.2, -0.15) is 0 Å². The lowest BCUT2D eigenvalue weighted by molar-refractivity contribution is -0.118. The number of allylic oxidation sites excluding steroid dienone is 6. The molecule has 0 amide bonds. The molecule has 0 heterocycles. The van der Waals surface area contributed by atoms with Crippen molar-refractivity contribution in [1.82, 2.24) is 0 Å². The smallest absolute Gasteiger partial charge is 0.166 e. The van der Waals surface area contributed by atoms with Crippen LogP contribution in [0.3, 0.4) is 0 Å². The third kappa shape index (κ3) is 3.99. The molecule has 0 N–H and O–H groups in total. The number of hydrogen-bond donors (Lipinski definition) is 0. The Balaban J connectivity index is 1.49. The molecular formula is C30H32O. The molecular weight excluding hydrogens is 376 g/mol. The molecule has 0 radical (unpaired) electrons. The number of Topliss-reactive ketones (excluding diaryl/α,β-unsaturated/α-hetero) is 1. The number of ketones is 1. The van der Waals surface area contributed by atoms with E-state index < -0.39 is 0 Å². The fourth-order valence-corrected chi connectivity index (χ4v) is 5.97. The van der Waals surface area contributed by atoms with Gasteiger partial charge in [0.2, 0.25) is 0 Å². The molecule has 31 heavy (non-hydrogen) atoms. The zero-order chi connectivity index (χ0) is 21.4. The molecule has 3 aliphatic carbocycles. The molecule has 3 aliphatic rings. The van der Waals surface area contributed by atoms with Gasteiger partial charge in [0.1, 0.15) is 0 Å². The molecule has 0 aromatic heterocycles. The third-order valence-corrected chi connectivity index (χ3v) is 7.62. The van der Waals surface area contributed by atoms with Gasteiger partial charge >= 0.3 is 0 Å². The van der Waals surface area contributed by atoms with Crippen molar-refractivity contribution in [2.45, 2.75) is 51.9 Å². The molecule has 1 fully saturated rings. The lowest BCUT2D eigenvalue weighted by Crippen LogP contribution is -2.26. The van der Waals surface area contributed by atoms with E-state index in [4.69, 9.17) is 0 Å². The number of rotatable bonds is 5. The van der Waals surface area contributed by atoms with Crippen LogP contribution < -0.4 is 0 Å². The highest BCUT2D eigenvalue weighted by Gasteiger charge is 2.45. The van der Waals surface area contributed by atoms with E-state index in [9.17, 15) is 4.79 Å². The monoisotopic (exact) mass is 408 g/mol. The summed E-state index contributed by atoms with van der Waals surface area (Å²) in [5.41, 5.74) is 7.88. The lowest BCUT2D eigenvalue weighted by atomic mass is 9.69. The minimum atomic E-state index is -0.0209. The Labute approximate surface area is 186 Å². The summed E-state index contributed by atoms with van der Waals surface area (Å²) in [4.78, 5) is 13.6. The van der Waals surface area contributed by atoms with Crippen LogP contribution >= 0.6 is 0 Å². The van der Waals surface area contributed by atoms with Crippen molar-refractivity contribution in [3.63, 3.8) is 0 Å². The van der Waals surface area contributed by atoms with Crippen molar-refractivity contribution >= 4 is 5.78 Å². The van der Waals surface area contributed by atoms with Gasteiger partial charge < -0.3 is 0 Å². The first-order chi connectivity index (χ1) is 15.1. The number of carbonyl (C=O) groups is 1. The second kappa shape index (κ2) is 8.46. The van der Waals surface area contributed by atoms with Crippen LogP contribution in [0.5, 0.6) is 0 Å². The molecule has 1 nitrogen and oxygen atoms in total. The predicted molar refractivity (Wildman–Crippen MR) is 128 cm³/mol. The van der Waals surface area contributed by atoms with Crippen molar-refractivity contribution in [2.75, 3.05) is 0 Å². The molecule has 0 saturated heterocycles. The number of hydrogen-bond acceptors (Lipinski definition) is 1. The third-order valence-electron chi connectivity index (χ3n) is 7.62. The van der Waals surface area contributed by atoms with Crippen LogP contribution in [0.15, 0.2) is 84.0 Å². The Kier molecular flexibility index (Phi) is 5.52. The Hall–Kier alpha value is -2.67. The fourth-order valence-electron chi connectivity index (χ4n) is 5.97. The molecule has 4 atom stereocenters. The summed E-state index contributed by atoms with van der Waals surface area (Å²) in [6, 6.07) is 18.0. The lowest BCUT2D eigenvalue weighted by Gasteiger charge is -2.34.